The van der Waals surface area contributed by atoms with Crippen LogP contribution in [0.2, 0.25) is 0 Å². The zero-order valence-corrected chi connectivity index (χ0v) is 12.2. The van der Waals surface area contributed by atoms with Crippen LogP contribution in [0, 0.1) is 10.1 Å². The van der Waals surface area contributed by atoms with Crippen LogP contribution < -0.4 is 17.0 Å². The number of nitro benzene ring substituents is 1. The summed E-state index contributed by atoms with van der Waals surface area (Å²) < 4.78 is 1.47. The lowest BCUT2D eigenvalue weighted by Gasteiger charge is -2.09. The largest absolute Gasteiger partial charge is 0.344 e. The molecule has 0 aliphatic heterocycles. The second-order valence-corrected chi connectivity index (χ2v) is 5.53. The molecule has 0 saturated heterocycles. The summed E-state index contributed by atoms with van der Waals surface area (Å²) in [7, 11) is 0. The molecular weight excluding hydrogens is 296 g/mol. The third-order valence-corrected chi connectivity index (χ3v) is 3.61. The summed E-state index contributed by atoms with van der Waals surface area (Å²) in [6.07, 6.45) is 0. The smallest absolute Gasteiger partial charge is 0.324 e. The van der Waals surface area contributed by atoms with Crippen molar-refractivity contribution >= 4 is 23.1 Å². The van der Waals surface area contributed by atoms with E-state index in [0.717, 1.165) is 11.8 Å². The molecule has 9 nitrogen and oxygen atoms in total. The van der Waals surface area contributed by atoms with Gasteiger partial charge in [-0.3, -0.25) is 20.5 Å². The van der Waals surface area contributed by atoms with Gasteiger partial charge in [-0.2, -0.15) is 0 Å². The predicted molar refractivity (Wildman–Crippen MR) is 78.3 cm³/mol. The lowest BCUT2D eigenvalue weighted by Crippen LogP contribution is -2.19. The van der Waals surface area contributed by atoms with Crippen LogP contribution in [0.25, 0.3) is 0 Å². The van der Waals surface area contributed by atoms with E-state index >= 15 is 0 Å². The van der Waals surface area contributed by atoms with Gasteiger partial charge in [0.05, 0.1) is 10.6 Å². The normalized spacial score (nSPS) is 10.9. The van der Waals surface area contributed by atoms with Crippen molar-refractivity contribution in [1.29, 1.82) is 0 Å². The second kappa shape index (κ2) is 5.97. The first-order valence-electron chi connectivity index (χ1n) is 6.03. The zero-order chi connectivity index (χ0) is 15.6. The van der Waals surface area contributed by atoms with Crippen molar-refractivity contribution in [3.05, 3.63) is 38.8 Å². The molecule has 0 fully saturated rings. The first-order valence-corrected chi connectivity index (χ1v) is 6.85. The number of hydrogen-bond donors (Lipinski definition) is 3. The van der Waals surface area contributed by atoms with Crippen molar-refractivity contribution in [1.82, 2.24) is 14.8 Å². The molecule has 0 saturated carbocycles. The van der Waals surface area contributed by atoms with Crippen LogP contribution in [0.3, 0.4) is 0 Å². The van der Waals surface area contributed by atoms with Gasteiger partial charge in [-0.25, -0.2) is 9.89 Å². The van der Waals surface area contributed by atoms with Crippen molar-refractivity contribution in [3.8, 4) is 0 Å². The van der Waals surface area contributed by atoms with Crippen LogP contribution in [-0.2, 0) is 0 Å². The Morgan fingerprint density at radius 3 is 2.76 bits per heavy atom. The molecule has 0 atom stereocenters. The van der Waals surface area contributed by atoms with Gasteiger partial charge < -0.3 is 5.43 Å². The number of nitrogens with one attached hydrogen (secondary N) is 2. The number of nitrogen functional groups attached to an aromatic ring is 1. The van der Waals surface area contributed by atoms with Crippen LogP contribution in [0.15, 0.2) is 33.0 Å². The van der Waals surface area contributed by atoms with Gasteiger partial charge in [0.25, 0.3) is 5.69 Å². The minimum Gasteiger partial charge on any atom is -0.324 e. The van der Waals surface area contributed by atoms with E-state index in [1.807, 2.05) is 13.8 Å². The van der Waals surface area contributed by atoms with Gasteiger partial charge in [0.1, 0.15) is 0 Å². The number of benzene rings is 1. The number of anilines is 1. The summed E-state index contributed by atoms with van der Waals surface area (Å²) in [6.45, 7) is 3.70. The van der Waals surface area contributed by atoms with E-state index in [1.54, 1.807) is 6.07 Å². The molecule has 0 radical (unpaired) electrons. The number of rotatable bonds is 5. The number of hydrogen-bond acceptors (Lipinski definition) is 7. The number of hydrazine groups is 1. The van der Waals surface area contributed by atoms with Crippen molar-refractivity contribution in [3.63, 3.8) is 0 Å². The average Bonchev–Trinajstić information content (AvgIpc) is 2.79. The monoisotopic (exact) mass is 310 g/mol. The number of non-ortho nitro benzene ring substituents is 1. The van der Waals surface area contributed by atoms with Crippen molar-refractivity contribution < 1.29 is 4.92 Å². The highest BCUT2D eigenvalue weighted by Crippen LogP contribution is 2.32. The molecule has 0 spiro atoms. The second-order valence-electron chi connectivity index (χ2n) is 4.49. The highest BCUT2D eigenvalue weighted by molar-refractivity contribution is 7.99. The molecule has 10 heteroatoms. The Labute approximate surface area is 123 Å². The quantitative estimate of drug-likeness (QED) is 0.433. The predicted octanol–water partition coefficient (Wildman–Crippen LogP) is 1.50. The fourth-order valence-corrected chi connectivity index (χ4v) is 2.81. The highest BCUT2D eigenvalue weighted by atomic mass is 32.2. The van der Waals surface area contributed by atoms with Gasteiger partial charge >= 0.3 is 5.69 Å². The Hall–Kier alpha value is -2.33. The van der Waals surface area contributed by atoms with Gasteiger partial charge in [-0.1, -0.05) is 0 Å². The third kappa shape index (κ3) is 3.23. The standard InChI is InChI=1S/C11H14N6O3S/c1-6(2)16-10(18)14-15-11(16)21-9-4-7(13-12)3-8(5-9)17(19)20/h3-6,13H,12H2,1-2H3,(H,14,18). The van der Waals surface area contributed by atoms with Crippen LogP contribution in [0.1, 0.15) is 19.9 Å². The van der Waals surface area contributed by atoms with E-state index in [1.165, 1.54) is 16.7 Å². The van der Waals surface area contributed by atoms with Gasteiger partial charge in [-0.05, 0) is 31.7 Å². The van der Waals surface area contributed by atoms with E-state index in [2.05, 4.69) is 15.6 Å². The Morgan fingerprint density at radius 2 is 2.19 bits per heavy atom. The highest BCUT2D eigenvalue weighted by Gasteiger charge is 2.15. The van der Waals surface area contributed by atoms with Crippen molar-refractivity contribution in [2.45, 2.75) is 29.9 Å². The van der Waals surface area contributed by atoms with Crippen molar-refractivity contribution in [2.24, 2.45) is 5.84 Å². The average molecular weight is 310 g/mol. The van der Waals surface area contributed by atoms with Crippen LogP contribution >= 0.6 is 11.8 Å². The molecule has 1 aromatic heterocycles. The van der Waals surface area contributed by atoms with Gasteiger partial charge in [-0.15, -0.1) is 5.10 Å². The number of nitrogens with zero attached hydrogens (tertiary/aromatic N) is 3. The molecule has 0 aliphatic rings. The summed E-state index contributed by atoms with van der Waals surface area (Å²) >= 11 is 1.15. The Balaban J connectivity index is 2.42. The number of nitrogens with two attached hydrogens (primary N) is 1. The topological polar surface area (TPSA) is 132 Å². The lowest BCUT2D eigenvalue weighted by molar-refractivity contribution is -0.385. The summed E-state index contributed by atoms with van der Waals surface area (Å²) in [4.78, 5) is 22.6. The minimum atomic E-state index is -0.509. The zero-order valence-electron chi connectivity index (χ0n) is 11.4. The number of nitro groups is 1. The van der Waals surface area contributed by atoms with Crippen LogP contribution in [-0.4, -0.2) is 19.7 Å². The fourth-order valence-electron chi connectivity index (χ4n) is 1.75. The van der Waals surface area contributed by atoms with E-state index < -0.39 is 4.92 Å². The molecule has 0 unspecified atom stereocenters. The van der Waals surface area contributed by atoms with Gasteiger partial charge in [0, 0.05) is 23.1 Å². The van der Waals surface area contributed by atoms with Crippen molar-refractivity contribution in [2.75, 3.05) is 5.43 Å². The number of aromatic nitrogens is 3. The lowest BCUT2D eigenvalue weighted by atomic mass is 10.3. The van der Waals surface area contributed by atoms with E-state index in [4.69, 9.17) is 5.84 Å². The maximum atomic E-state index is 11.7. The molecule has 0 bridgehead atoms. The molecular formula is C11H14N6O3S. The fraction of sp³-hybridized carbons (Fsp3) is 0.273. The number of H-pyrrole nitrogens is 1. The third-order valence-electron chi connectivity index (χ3n) is 2.67. The van der Waals surface area contributed by atoms with E-state index in [-0.39, 0.29) is 17.4 Å². The minimum absolute atomic E-state index is 0.0791. The first-order chi connectivity index (χ1) is 9.92. The van der Waals surface area contributed by atoms with Gasteiger partial charge in [0.15, 0.2) is 5.16 Å². The summed E-state index contributed by atoms with van der Waals surface area (Å²) in [5.74, 6) is 5.30. The maximum absolute atomic E-state index is 11.7. The first kappa shape index (κ1) is 15.1. The molecule has 112 valence electrons. The SMILES string of the molecule is CC(C)n1c(Sc2cc(NN)cc([N+](=O)[O-])c2)n[nH]c1=O. The molecule has 0 aliphatic carbocycles. The molecule has 4 N–H and O–H groups in total. The summed E-state index contributed by atoms with van der Waals surface area (Å²) in [6, 6.07) is 4.28. The summed E-state index contributed by atoms with van der Waals surface area (Å²) in [5.41, 5.74) is 2.36. The maximum Gasteiger partial charge on any atom is 0.344 e. The summed E-state index contributed by atoms with van der Waals surface area (Å²) in [5, 5.41) is 17.6. The molecule has 0 amide bonds. The van der Waals surface area contributed by atoms with Gasteiger partial charge in [0.2, 0.25) is 0 Å². The number of aromatic amines is 1. The molecule has 21 heavy (non-hydrogen) atoms. The van der Waals surface area contributed by atoms with Crippen LogP contribution in [0.4, 0.5) is 11.4 Å². The Morgan fingerprint density at radius 1 is 1.48 bits per heavy atom. The Kier molecular flexibility index (Phi) is 4.29. The van der Waals surface area contributed by atoms with E-state index in [9.17, 15) is 14.9 Å². The molecule has 2 aromatic rings. The molecule has 1 heterocycles. The molecule has 1 aromatic carbocycles. The van der Waals surface area contributed by atoms with Crippen LogP contribution in [0.5, 0.6) is 0 Å². The molecule has 2 rings (SSSR count). The Bertz CT molecular complexity index is 723. The van der Waals surface area contributed by atoms with E-state index in [0.29, 0.717) is 15.7 Å².